The number of H-pyrrole nitrogens is 1. The average Bonchev–Trinajstić information content (AvgIpc) is 3.56. The van der Waals surface area contributed by atoms with Gasteiger partial charge in [-0.3, -0.25) is 19.6 Å². The summed E-state index contributed by atoms with van der Waals surface area (Å²) >= 11 is 1.33. The molecule has 0 atom stereocenters. The molecular weight excluding hydrogens is 414 g/mol. The van der Waals surface area contributed by atoms with E-state index in [-0.39, 0.29) is 11.7 Å². The molecule has 4 aromatic heterocycles. The summed E-state index contributed by atoms with van der Waals surface area (Å²) in [7, 11) is 0. The molecule has 1 saturated carbocycles. The first-order chi connectivity index (χ1) is 17.1. The Hall–Kier alpha value is -3.37. The van der Waals surface area contributed by atoms with Gasteiger partial charge in [0.1, 0.15) is 16.4 Å². The fourth-order valence-corrected chi connectivity index (χ4v) is 4.14. The molecule has 4 aromatic rings. The Morgan fingerprint density at radius 1 is 1.48 bits per heavy atom. The molecule has 0 aliphatic heterocycles. The minimum Gasteiger partial charge on any atom is -0.378 e. The third kappa shape index (κ3) is 3.99. The molecule has 31 heavy (non-hydrogen) atoms. The van der Waals surface area contributed by atoms with Crippen LogP contribution in [0.3, 0.4) is 0 Å². The Morgan fingerprint density at radius 3 is 3.19 bits per heavy atom. The summed E-state index contributed by atoms with van der Waals surface area (Å²) < 4.78 is 44.1. The van der Waals surface area contributed by atoms with E-state index >= 15 is 0 Å². The zero-order chi connectivity index (χ0) is 25.5. The predicted molar refractivity (Wildman–Crippen MR) is 117 cm³/mol. The number of pyridine rings is 1. The number of carbonyl (C=O) groups excluding carboxylic acids is 1. The van der Waals surface area contributed by atoms with E-state index in [2.05, 4.69) is 30.6 Å². The fraction of sp³-hybridized carbons (Fsp3) is 0.286. The summed E-state index contributed by atoms with van der Waals surface area (Å²) in [5.41, 5.74) is 2.51. The summed E-state index contributed by atoms with van der Waals surface area (Å²) in [5.74, 6) is -0.404. The van der Waals surface area contributed by atoms with Gasteiger partial charge in [0.15, 0.2) is 0 Å². The number of rotatable bonds is 7. The molecule has 1 amide bonds. The Bertz CT molecular complexity index is 1350. The van der Waals surface area contributed by atoms with Crippen LogP contribution in [0.2, 0.25) is 0 Å². The van der Waals surface area contributed by atoms with Gasteiger partial charge in [0.25, 0.3) is 5.91 Å². The number of carbonyl (C=O) groups is 1. The number of amides is 1. The van der Waals surface area contributed by atoms with E-state index in [1.54, 1.807) is 47.0 Å². The third-order valence-electron chi connectivity index (χ3n) is 5.04. The lowest BCUT2D eigenvalue weighted by Crippen LogP contribution is -2.33. The Balaban J connectivity index is 1.34. The number of thiazole rings is 1. The second-order valence-corrected chi connectivity index (χ2v) is 7.89. The maximum absolute atomic E-state index is 13.0. The van der Waals surface area contributed by atoms with Gasteiger partial charge in [0.05, 0.1) is 32.5 Å². The van der Waals surface area contributed by atoms with Crippen molar-refractivity contribution in [2.75, 3.05) is 11.9 Å². The van der Waals surface area contributed by atoms with Gasteiger partial charge in [0.2, 0.25) is 0 Å². The molecule has 0 bridgehead atoms. The summed E-state index contributed by atoms with van der Waals surface area (Å²) in [5, 5.41) is 16.4. The van der Waals surface area contributed by atoms with E-state index < -0.39 is 25.4 Å². The van der Waals surface area contributed by atoms with E-state index in [0.29, 0.717) is 34.9 Å². The molecule has 5 rings (SSSR count). The van der Waals surface area contributed by atoms with Crippen molar-refractivity contribution in [2.45, 2.75) is 31.8 Å². The van der Waals surface area contributed by atoms with Crippen LogP contribution in [-0.4, -0.2) is 48.5 Å². The minimum atomic E-state index is -2.87. The molecule has 0 unspecified atom stereocenters. The highest BCUT2D eigenvalue weighted by atomic mass is 32.1. The molecule has 2 N–H and O–H groups in total. The fourth-order valence-electron chi connectivity index (χ4n) is 3.36. The van der Waals surface area contributed by atoms with Gasteiger partial charge in [0, 0.05) is 40.2 Å². The van der Waals surface area contributed by atoms with E-state index in [4.69, 9.17) is 11.6 Å². The lowest BCUT2D eigenvalue weighted by Gasteiger charge is -2.34. The van der Waals surface area contributed by atoms with Crippen molar-refractivity contribution in [3.05, 3.63) is 54.1 Å². The van der Waals surface area contributed by atoms with Gasteiger partial charge >= 0.3 is 0 Å². The standard InChI is InChI=1S/C21H21N7O2S/c1-2-30-15-7-14(8-15)28-11-17(19(27-28)16-5-3-4-6-22-16)25-20(29)18-12-31-21(26-18)13-9-23-24-10-13/h3-6,9-12,14-15H,2,7-8H2,1H3,(H,23,24)(H,25,29)/t14-,15-/i1D3,2D2. The molecule has 0 radical (unpaired) electrons. The van der Waals surface area contributed by atoms with Crippen LogP contribution in [0.25, 0.3) is 22.0 Å². The van der Waals surface area contributed by atoms with E-state index in [0.717, 1.165) is 5.56 Å². The van der Waals surface area contributed by atoms with Crippen LogP contribution in [0.5, 0.6) is 0 Å². The lowest BCUT2D eigenvalue weighted by atomic mass is 9.89. The molecular formula is C21H21N7O2S. The van der Waals surface area contributed by atoms with Gasteiger partial charge in [-0.2, -0.15) is 10.2 Å². The van der Waals surface area contributed by atoms with Crippen LogP contribution < -0.4 is 5.32 Å². The van der Waals surface area contributed by atoms with Gasteiger partial charge in [-0.05, 0) is 31.8 Å². The van der Waals surface area contributed by atoms with Gasteiger partial charge in [-0.15, -0.1) is 11.3 Å². The molecule has 0 saturated heterocycles. The molecule has 0 spiro atoms. The third-order valence-corrected chi connectivity index (χ3v) is 5.93. The highest BCUT2D eigenvalue weighted by molar-refractivity contribution is 7.13. The molecule has 4 heterocycles. The molecule has 1 fully saturated rings. The zero-order valence-corrected chi connectivity index (χ0v) is 17.0. The molecule has 10 heteroatoms. The summed E-state index contributed by atoms with van der Waals surface area (Å²) in [6.45, 7) is -5.60. The van der Waals surface area contributed by atoms with Crippen LogP contribution in [-0.2, 0) is 4.74 Å². The normalized spacial score (nSPS) is 21.2. The Labute approximate surface area is 189 Å². The van der Waals surface area contributed by atoms with Crippen LogP contribution in [0, 0.1) is 0 Å². The van der Waals surface area contributed by atoms with E-state index in [1.807, 2.05) is 6.07 Å². The van der Waals surface area contributed by atoms with Gasteiger partial charge in [-0.25, -0.2) is 4.98 Å². The van der Waals surface area contributed by atoms with Crippen molar-refractivity contribution >= 4 is 22.9 Å². The number of ether oxygens (including phenoxy) is 1. The molecule has 158 valence electrons. The van der Waals surface area contributed by atoms with Crippen molar-refractivity contribution in [3.8, 4) is 22.0 Å². The molecule has 1 aliphatic rings. The average molecular weight is 441 g/mol. The summed E-state index contributed by atoms with van der Waals surface area (Å²) in [6.07, 6.45) is 6.85. The quantitative estimate of drug-likeness (QED) is 0.452. The van der Waals surface area contributed by atoms with Gasteiger partial charge in [-0.1, -0.05) is 6.07 Å². The number of hydrogen-bond donors (Lipinski definition) is 2. The molecule has 9 nitrogen and oxygen atoms in total. The van der Waals surface area contributed by atoms with Crippen LogP contribution >= 0.6 is 11.3 Å². The number of nitrogens with zero attached hydrogens (tertiary/aromatic N) is 5. The highest BCUT2D eigenvalue weighted by Crippen LogP contribution is 2.37. The number of nitrogens with one attached hydrogen (secondary N) is 2. The van der Waals surface area contributed by atoms with Crippen molar-refractivity contribution < 1.29 is 16.4 Å². The van der Waals surface area contributed by atoms with Crippen LogP contribution in [0.1, 0.15) is 43.1 Å². The first-order valence-corrected chi connectivity index (χ1v) is 10.4. The number of hydrogen-bond acceptors (Lipinski definition) is 7. The monoisotopic (exact) mass is 440 g/mol. The maximum Gasteiger partial charge on any atom is 0.275 e. The number of aromatic nitrogens is 6. The second-order valence-electron chi connectivity index (χ2n) is 7.03. The van der Waals surface area contributed by atoms with E-state index in [9.17, 15) is 4.79 Å². The summed E-state index contributed by atoms with van der Waals surface area (Å²) in [6, 6.07) is 5.22. The first kappa shape index (κ1) is 14.6. The van der Waals surface area contributed by atoms with Crippen molar-refractivity contribution in [3.63, 3.8) is 0 Å². The minimum absolute atomic E-state index is 0.150. The lowest BCUT2D eigenvalue weighted by molar-refractivity contribution is -0.0226. The summed E-state index contributed by atoms with van der Waals surface area (Å²) in [4.78, 5) is 21.7. The predicted octanol–water partition coefficient (Wildman–Crippen LogP) is 3.78. The SMILES string of the molecule is [2H]C([2H])([2H])C([2H])([2H])O[C@H]1C[C@H](n2cc(NC(=O)c3csc(-c4cn[nH]c4)n3)c(-c3ccccn3)n2)C1. The molecule has 0 aromatic carbocycles. The second kappa shape index (κ2) is 8.40. The van der Waals surface area contributed by atoms with Crippen molar-refractivity contribution in [1.82, 2.24) is 29.9 Å². The molecule has 1 aliphatic carbocycles. The zero-order valence-electron chi connectivity index (χ0n) is 21.1. The number of anilines is 1. The maximum atomic E-state index is 13.0. The largest absolute Gasteiger partial charge is 0.378 e. The van der Waals surface area contributed by atoms with E-state index in [1.165, 1.54) is 11.3 Å². The van der Waals surface area contributed by atoms with Crippen molar-refractivity contribution in [2.24, 2.45) is 0 Å². The Morgan fingerprint density at radius 2 is 2.42 bits per heavy atom. The topological polar surface area (TPSA) is 111 Å². The first-order valence-electron chi connectivity index (χ1n) is 12.0. The Kier molecular flexibility index (Phi) is 3.96. The highest BCUT2D eigenvalue weighted by Gasteiger charge is 2.32. The van der Waals surface area contributed by atoms with Crippen LogP contribution in [0.15, 0.2) is 48.4 Å². The van der Waals surface area contributed by atoms with Crippen molar-refractivity contribution in [1.29, 1.82) is 0 Å². The smallest absolute Gasteiger partial charge is 0.275 e. The number of aromatic amines is 1. The van der Waals surface area contributed by atoms with Gasteiger partial charge < -0.3 is 10.1 Å². The van der Waals surface area contributed by atoms with Crippen LogP contribution in [0.4, 0.5) is 5.69 Å².